The maximum atomic E-state index is 11.1. The van der Waals surface area contributed by atoms with Crippen LogP contribution in [-0.2, 0) is 19.1 Å². The number of rotatable bonds is 3. The van der Waals surface area contributed by atoms with Crippen LogP contribution in [0, 0.1) is 0 Å². The quantitative estimate of drug-likeness (QED) is 0.582. The summed E-state index contributed by atoms with van der Waals surface area (Å²) in [4.78, 5) is 21.3. The first-order valence-corrected chi connectivity index (χ1v) is 6.48. The molecule has 0 bridgehead atoms. The molecule has 0 spiro atoms. The average molecular weight is 268 g/mol. The predicted octanol–water partition coefficient (Wildman–Crippen LogP) is 3.17. The van der Waals surface area contributed by atoms with Gasteiger partial charge < -0.3 is 9.47 Å². The zero-order valence-corrected chi connectivity index (χ0v) is 12.2. The van der Waals surface area contributed by atoms with E-state index in [0.29, 0.717) is 11.1 Å². The number of carbonyl (C=O) groups excluding carboxylic acids is 2. The van der Waals surface area contributed by atoms with Crippen molar-refractivity contribution in [1.29, 1.82) is 0 Å². The average Bonchev–Trinajstić information content (AvgIpc) is 2.39. The van der Waals surface area contributed by atoms with Crippen molar-refractivity contribution in [2.75, 3.05) is 7.11 Å². The Morgan fingerprint density at radius 2 is 1.42 bits per heavy atom. The fraction of sp³-hybridized carbons (Fsp3) is 0.600. The van der Waals surface area contributed by atoms with Crippen LogP contribution >= 0.6 is 0 Å². The van der Waals surface area contributed by atoms with E-state index in [4.69, 9.17) is 4.74 Å². The zero-order chi connectivity index (χ0) is 14.8. The van der Waals surface area contributed by atoms with E-state index in [0.717, 1.165) is 12.8 Å². The molecule has 108 valence electrons. The molecular formula is C15H24O4. The van der Waals surface area contributed by atoms with Gasteiger partial charge in [0.1, 0.15) is 6.10 Å². The molecule has 0 unspecified atom stereocenters. The van der Waals surface area contributed by atoms with Crippen molar-refractivity contribution in [3.8, 4) is 0 Å². The normalized spacial score (nSPS) is 14.7. The Bertz CT molecular complexity index is 338. The molecule has 19 heavy (non-hydrogen) atoms. The molecular weight excluding hydrogens is 244 g/mol. The highest BCUT2D eigenvalue weighted by Crippen LogP contribution is 2.20. The van der Waals surface area contributed by atoms with Crippen molar-refractivity contribution in [1.82, 2.24) is 0 Å². The van der Waals surface area contributed by atoms with E-state index in [-0.39, 0.29) is 18.0 Å². The molecule has 0 radical (unpaired) electrons. The van der Waals surface area contributed by atoms with Gasteiger partial charge in [-0.1, -0.05) is 19.6 Å². The number of ether oxygens (including phenoxy) is 2. The minimum Gasteiger partial charge on any atom is -0.466 e. The van der Waals surface area contributed by atoms with Crippen LogP contribution in [0.3, 0.4) is 0 Å². The van der Waals surface area contributed by atoms with Gasteiger partial charge in [-0.15, -0.1) is 0 Å². The lowest BCUT2D eigenvalue weighted by atomic mass is 9.98. The smallest absolute Gasteiger partial charge is 0.333 e. The Labute approximate surface area is 115 Å². The second-order valence-corrected chi connectivity index (χ2v) is 4.72. The third-order valence-electron chi connectivity index (χ3n) is 2.71. The van der Waals surface area contributed by atoms with Crippen LogP contribution in [0.2, 0.25) is 0 Å². The molecule has 0 heterocycles. The molecule has 1 aliphatic carbocycles. The maximum Gasteiger partial charge on any atom is 0.333 e. The zero-order valence-electron chi connectivity index (χ0n) is 12.2. The molecule has 0 saturated heterocycles. The van der Waals surface area contributed by atoms with Gasteiger partial charge in [-0.3, -0.25) is 0 Å². The van der Waals surface area contributed by atoms with Gasteiger partial charge in [0.2, 0.25) is 0 Å². The maximum absolute atomic E-state index is 11.1. The molecule has 0 aromatic rings. The summed E-state index contributed by atoms with van der Waals surface area (Å²) < 4.78 is 9.49. The van der Waals surface area contributed by atoms with E-state index in [1.165, 1.54) is 26.4 Å². The fourth-order valence-electron chi connectivity index (χ4n) is 1.61. The van der Waals surface area contributed by atoms with Crippen molar-refractivity contribution in [3.05, 3.63) is 24.3 Å². The van der Waals surface area contributed by atoms with Crippen LogP contribution < -0.4 is 0 Å². The third kappa shape index (κ3) is 8.19. The van der Waals surface area contributed by atoms with Crippen LogP contribution in [0.15, 0.2) is 24.3 Å². The minimum absolute atomic E-state index is 0.156. The molecule has 0 aliphatic heterocycles. The number of methoxy groups -OCH3 is 1. The summed E-state index contributed by atoms with van der Waals surface area (Å²) in [6, 6.07) is 0. The first kappa shape index (κ1) is 17.4. The van der Waals surface area contributed by atoms with Gasteiger partial charge in [0, 0.05) is 11.1 Å². The van der Waals surface area contributed by atoms with Gasteiger partial charge in [0.25, 0.3) is 0 Å². The van der Waals surface area contributed by atoms with Gasteiger partial charge in [-0.25, -0.2) is 9.59 Å². The Morgan fingerprint density at radius 1 is 0.947 bits per heavy atom. The summed E-state index contributed by atoms with van der Waals surface area (Å²) in [6.07, 6.45) is 5.87. The molecule has 0 N–H and O–H groups in total. The summed E-state index contributed by atoms with van der Waals surface area (Å²) >= 11 is 0. The van der Waals surface area contributed by atoms with E-state index >= 15 is 0 Å². The fourth-order valence-corrected chi connectivity index (χ4v) is 1.61. The summed E-state index contributed by atoms with van der Waals surface area (Å²) in [5, 5.41) is 0. The number of hydrogen-bond donors (Lipinski definition) is 0. The molecule has 0 amide bonds. The third-order valence-corrected chi connectivity index (χ3v) is 2.71. The van der Waals surface area contributed by atoms with Gasteiger partial charge in [0.05, 0.1) is 7.11 Å². The van der Waals surface area contributed by atoms with Crippen molar-refractivity contribution in [2.45, 2.75) is 52.1 Å². The lowest BCUT2D eigenvalue weighted by molar-refractivity contribution is -0.145. The van der Waals surface area contributed by atoms with Gasteiger partial charge in [-0.2, -0.15) is 0 Å². The lowest BCUT2D eigenvalue weighted by Crippen LogP contribution is -2.20. The second-order valence-electron chi connectivity index (χ2n) is 4.72. The molecule has 0 aromatic carbocycles. The highest BCUT2D eigenvalue weighted by atomic mass is 16.5. The van der Waals surface area contributed by atoms with E-state index < -0.39 is 0 Å². The second kappa shape index (κ2) is 9.36. The first-order valence-electron chi connectivity index (χ1n) is 6.48. The number of hydrogen-bond acceptors (Lipinski definition) is 4. The number of carbonyl (C=O) groups is 2. The molecule has 1 rings (SSSR count). The van der Waals surface area contributed by atoms with Crippen molar-refractivity contribution >= 4 is 11.9 Å². The minimum atomic E-state index is -0.347. The molecule has 1 saturated carbocycles. The molecule has 1 fully saturated rings. The van der Waals surface area contributed by atoms with Crippen molar-refractivity contribution < 1.29 is 19.1 Å². The standard InChI is InChI=1S/C10H16O2.C5H8O2/c1-8(2)10(11)12-9-6-4-3-5-7-9;1-4(2)5(6)7-3/h9H,1,3-7H2,2H3;1H2,2-3H3. The molecule has 4 nitrogen and oxygen atoms in total. The van der Waals surface area contributed by atoms with Crippen LogP contribution in [-0.4, -0.2) is 25.2 Å². The monoisotopic (exact) mass is 268 g/mol. The van der Waals surface area contributed by atoms with Crippen LogP contribution in [0.25, 0.3) is 0 Å². The highest BCUT2D eigenvalue weighted by Gasteiger charge is 2.17. The van der Waals surface area contributed by atoms with E-state index in [1.807, 2.05) is 0 Å². The van der Waals surface area contributed by atoms with E-state index in [1.54, 1.807) is 13.8 Å². The molecule has 0 aromatic heterocycles. The van der Waals surface area contributed by atoms with E-state index in [9.17, 15) is 9.59 Å². The summed E-state index contributed by atoms with van der Waals surface area (Å²) in [7, 11) is 1.33. The Kier molecular flexibility index (Phi) is 8.58. The Morgan fingerprint density at radius 3 is 1.74 bits per heavy atom. The van der Waals surface area contributed by atoms with Gasteiger partial charge >= 0.3 is 11.9 Å². The Hall–Kier alpha value is -1.58. The first-order chi connectivity index (χ1) is 8.88. The summed E-state index contributed by atoms with van der Waals surface area (Å²) in [5.41, 5.74) is 0.933. The van der Waals surface area contributed by atoms with Gasteiger partial charge in [-0.05, 0) is 39.5 Å². The number of esters is 2. The van der Waals surface area contributed by atoms with Gasteiger partial charge in [0.15, 0.2) is 0 Å². The van der Waals surface area contributed by atoms with Crippen LogP contribution in [0.4, 0.5) is 0 Å². The summed E-state index contributed by atoms with van der Waals surface area (Å²) in [5.74, 6) is -0.582. The molecule has 0 atom stereocenters. The molecule has 4 heteroatoms. The molecule has 1 aliphatic rings. The Balaban J connectivity index is 0.000000399. The van der Waals surface area contributed by atoms with E-state index in [2.05, 4.69) is 17.9 Å². The van der Waals surface area contributed by atoms with Crippen molar-refractivity contribution in [3.63, 3.8) is 0 Å². The van der Waals surface area contributed by atoms with Crippen LogP contribution in [0.5, 0.6) is 0 Å². The predicted molar refractivity (Wildman–Crippen MR) is 74.6 cm³/mol. The summed E-state index contributed by atoms with van der Waals surface area (Å²) in [6.45, 7) is 10.2. The largest absolute Gasteiger partial charge is 0.466 e. The SMILES string of the molecule is C=C(C)C(=O)OC.C=C(C)C(=O)OC1CCCCC1. The van der Waals surface area contributed by atoms with Crippen LogP contribution in [0.1, 0.15) is 46.0 Å². The lowest BCUT2D eigenvalue weighted by Gasteiger charge is -2.21. The highest BCUT2D eigenvalue weighted by molar-refractivity contribution is 5.87. The van der Waals surface area contributed by atoms with Crippen molar-refractivity contribution in [2.24, 2.45) is 0 Å². The topological polar surface area (TPSA) is 52.6 Å².